The molecule has 0 amide bonds. The first-order valence-electron chi connectivity index (χ1n) is 3.65. The standard InChI is InChI=1S/C8H18O3.2CH4/c1-8(5-9-2,6-10-3)7-11-4;;/h5-7H2,1-4H3;2*1H4. The van der Waals surface area contributed by atoms with E-state index in [1.807, 2.05) is 0 Å². The molecule has 13 heavy (non-hydrogen) atoms. The maximum absolute atomic E-state index is 5.05. The lowest BCUT2D eigenvalue weighted by Gasteiger charge is -2.26. The molecule has 0 fully saturated rings. The Kier molecular flexibility index (Phi) is 14.3. The van der Waals surface area contributed by atoms with Crippen molar-refractivity contribution < 1.29 is 14.2 Å². The zero-order valence-electron chi connectivity index (χ0n) is 7.85. The van der Waals surface area contributed by atoms with Gasteiger partial charge in [-0.25, -0.2) is 0 Å². The molecule has 0 aliphatic rings. The summed E-state index contributed by atoms with van der Waals surface area (Å²) < 4.78 is 15.2. The molecule has 0 radical (unpaired) electrons. The molecule has 3 heteroatoms. The second-order valence-corrected chi connectivity index (χ2v) is 3.11. The lowest BCUT2D eigenvalue weighted by atomic mass is 9.94. The second-order valence-electron chi connectivity index (χ2n) is 3.11. The molecule has 0 saturated carbocycles. The third-order valence-corrected chi connectivity index (χ3v) is 1.48. The van der Waals surface area contributed by atoms with Gasteiger partial charge >= 0.3 is 0 Å². The molecule has 0 aliphatic heterocycles. The molecule has 0 saturated heterocycles. The van der Waals surface area contributed by atoms with Crippen LogP contribution in [0.15, 0.2) is 0 Å². The Labute approximate surface area is 83.4 Å². The number of hydrogen-bond donors (Lipinski definition) is 0. The summed E-state index contributed by atoms with van der Waals surface area (Å²) in [5.74, 6) is 0. The van der Waals surface area contributed by atoms with E-state index in [4.69, 9.17) is 14.2 Å². The molecule has 0 spiro atoms. The molecule has 0 aromatic heterocycles. The van der Waals surface area contributed by atoms with Crippen molar-refractivity contribution in [2.24, 2.45) is 5.41 Å². The summed E-state index contributed by atoms with van der Waals surface area (Å²) in [6, 6.07) is 0. The van der Waals surface area contributed by atoms with Crippen molar-refractivity contribution in [3.63, 3.8) is 0 Å². The van der Waals surface area contributed by atoms with Gasteiger partial charge in [-0.2, -0.15) is 0 Å². The maximum Gasteiger partial charge on any atom is 0.0560 e. The summed E-state index contributed by atoms with van der Waals surface area (Å²) in [4.78, 5) is 0. The summed E-state index contributed by atoms with van der Waals surface area (Å²) >= 11 is 0. The quantitative estimate of drug-likeness (QED) is 0.649. The average molecular weight is 194 g/mol. The van der Waals surface area contributed by atoms with Crippen molar-refractivity contribution in [3.8, 4) is 0 Å². The van der Waals surface area contributed by atoms with E-state index in [0.29, 0.717) is 19.8 Å². The zero-order chi connectivity index (χ0) is 8.74. The molecular weight excluding hydrogens is 168 g/mol. The second kappa shape index (κ2) is 9.96. The van der Waals surface area contributed by atoms with Crippen molar-refractivity contribution >= 4 is 0 Å². The van der Waals surface area contributed by atoms with Crippen LogP contribution in [0.5, 0.6) is 0 Å². The van der Waals surface area contributed by atoms with Gasteiger partial charge in [-0.3, -0.25) is 0 Å². The van der Waals surface area contributed by atoms with Gasteiger partial charge < -0.3 is 14.2 Å². The van der Waals surface area contributed by atoms with Crippen molar-refractivity contribution in [3.05, 3.63) is 0 Å². The number of ether oxygens (including phenoxy) is 3. The minimum Gasteiger partial charge on any atom is -0.384 e. The highest BCUT2D eigenvalue weighted by atomic mass is 16.5. The predicted octanol–water partition coefficient (Wildman–Crippen LogP) is 2.20. The maximum atomic E-state index is 5.05. The Morgan fingerprint density at radius 1 is 0.769 bits per heavy atom. The van der Waals surface area contributed by atoms with Crippen molar-refractivity contribution in [2.45, 2.75) is 21.8 Å². The van der Waals surface area contributed by atoms with Crippen LogP contribution in [0.2, 0.25) is 0 Å². The first-order chi connectivity index (χ1) is 5.18. The lowest BCUT2D eigenvalue weighted by molar-refractivity contribution is -0.0266. The molecule has 0 bridgehead atoms. The van der Waals surface area contributed by atoms with E-state index < -0.39 is 0 Å². The third-order valence-electron chi connectivity index (χ3n) is 1.48. The minimum atomic E-state index is -0.0156. The van der Waals surface area contributed by atoms with Gasteiger partial charge in [0.25, 0.3) is 0 Å². The fraction of sp³-hybridized carbons (Fsp3) is 1.00. The minimum absolute atomic E-state index is 0. The van der Waals surface area contributed by atoms with E-state index in [0.717, 1.165) is 0 Å². The van der Waals surface area contributed by atoms with E-state index in [1.54, 1.807) is 21.3 Å². The van der Waals surface area contributed by atoms with Crippen LogP contribution in [-0.4, -0.2) is 41.2 Å². The highest BCUT2D eigenvalue weighted by Crippen LogP contribution is 2.16. The highest BCUT2D eigenvalue weighted by molar-refractivity contribution is 4.72. The molecule has 0 heterocycles. The Hall–Kier alpha value is -0.120. The third kappa shape index (κ3) is 8.22. The van der Waals surface area contributed by atoms with Crippen molar-refractivity contribution in [1.29, 1.82) is 0 Å². The average Bonchev–Trinajstić information content (AvgIpc) is 1.88. The summed E-state index contributed by atoms with van der Waals surface area (Å²) in [5, 5.41) is 0. The molecule has 3 nitrogen and oxygen atoms in total. The van der Waals surface area contributed by atoms with Gasteiger partial charge in [0.2, 0.25) is 0 Å². The molecule has 0 aliphatic carbocycles. The van der Waals surface area contributed by atoms with E-state index in [2.05, 4.69) is 6.92 Å². The summed E-state index contributed by atoms with van der Waals surface area (Å²) in [6.07, 6.45) is 0. The summed E-state index contributed by atoms with van der Waals surface area (Å²) in [6.45, 7) is 4.06. The molecule has 0 aromatic rings. The summed E-state index contributed by atoms with van der Waals surface area (Å²) in [5.41, 5.74) is -0.0156. The van der Waals surface area contributed by atoms with Gasteiger partial charge in [-0.1, -0.05) is 21.8 Å². The monoisotopic (exact) mass is 194 g/mol. The fourth-order valence-electron chi connectivity index (χ4n) is 1.17. The van der Waals surface area contributed by atoms with Crippen LogP contribution in [0.3, 0.4) is 0 Å². The van der Waals surface area contributed by atoms with Crippen LogP contribution in [0, 0.1) is 5.41 Å². The van der Waals surface area contributed by atoms with E-state index in [-0.39, 0.29) is 20.3 Å². The predicted molar refractivity (Wildman–Crippen MR) is 57.2 cm³/mol. The largest absolute Gasteiger partial charge is 0.384 e. The molecule has 0 aromatic carbocycles. The van der Waals surface area contributed by atoms with Gasteiger partial charge in [-0.15, -0.1) is 0 Å². The van der Waals surface area contributed by atoms with Gasteiger partial charge in [0.1, 0.15) is 0 Å². The van der Waals surface area contributed by atoms with Crippen LogP contribution in [0.1, 0.15) is 21.8 Å². The normalized spacial score (nSPS) is 10.2. The molecule has 0 rings (SSSR count). The molecule has 84 valence electrons. The van der Waals surface area contributed by atoms with Crippen LogP contribution < -0.4 is 0 Å². The lowest BCUT2D eigenvalue weighted by Crippen LogP contribution is -2.32. The van der Waals surface area contributed by atoms with Crippen molar-refractivity contribution in [1.82, 2.24) is 0 Å². The Morgan fingerprint density at radius 3 is 1.15 bits per heavy atom. The first kappa shape index (κ1) is 18.6. The molecule has 0 atom stereocenters. The van der Waals surface area contributed by atoms with Crippen LogP contribution in [0.4, 0.5) is 0 Å². The van der Waals surface area contributed by atoms with Gasteiger partial charge in [0.05, 0.1) is 19.8 Å². The highest BCUT2D eigenvalue weighted by Gasteiger charge is 2.23. The van der Waals surface area contributed by atoms with Gasteiger partial charge in [0, 0.05) is 26.7 Å². The number of hydrogen-bond acceptors (Lipinski definition) is 3. The van der Waals surface area contributed by atoms with E-state index >= 15 is 0 Å². The molecule has 0 unspecified atom stereocenters. The smallest absolute Gasteiger partial charge is 0.0560 e. The summed E-state index contributed by atoms with van der Waals surface area (Å²) in [7, 11) is 5.05. The molecular formula is C10H26O3. The first-order valence-corrected chi connectivity index (χ1v) is 3.65. The van der Waals surface area contributed by atoms with Gasteiger partial charge in [-0.05, 0) is 0 Å². The number of rotatable bonds is 6. The van der Waals surface area contributed by atoms with Gasteiger partial charge in [0.15, 0.2) is 0 Å². The van der Waals surface area contributed by atoms with Crippen molar-refractivity contribution in [2.75, 3.05) is 41.2 Å². The zero-order valence-corrected chi connectivity index (χ0v) is 7.85. The van der Waals surface area contributed by atoms with Crippen LogP contribution in [0.25, 0.3) is 0 Å². The number of methoxy groups -OCH3 is 3. The van der Waals surface area contributed by atoms with Crippen LogP contribution in [-0.2, 0) is 14.2 Å². The molecule has 0 N–H and O–H groups in total. The fourth-order valence-corrected chi connectivity index (χ4v) is 1.17. The van der Waals surface area contributed by atoms with E-state index in [9.17, 15) is 0 Å². The Balaban J connectivity index is -0.000000500. The van der Waals surface area contributed by atoms with Crippen LogP contribution >= 0.6 is 0 Å². The topological polar surface area (TPSA) is 27.7 Å². The van der Waals surface area contributed by atoms with E-state index in [1.165, 1.54) is 0 Å². The Bertz CT molecular complexity index is 77.2. The Morgan fingerprint density at radius 2 is 1.00 bits per heavy atom. The SMILES string of the molecule is C.C.COCC(C)(COC)COC.